The van der Waals surface area contributed by atoms with Crippen molar-refractivity contribution < 1.29 is 14.6 Å². The number of aromatic nitrogens is 4. The van der Waals surface area contributed by atoms with E-state index in [1.165, 1.54) is 0 Å². The number of nitrogens with zero attached hydrogens (tertiary/aromatic N) is 4. The summed E-state index contributed by atoms with van der Waals surface area (Å²) < 4.78 is 7.31. The third-order valence-electron chi connectivity index (χ3n) is 4.30. The average molecular weight is 282 g/mol. The van der Waals surface area contributed by atoms with Gasteiger partial charge in [-0.2, -0.15) is 0 Å². The number of carbonyl (C=O) groups is 1. The molecule has 112 valence electrons. The van der Waals surface area contributed by atoms with Crippen molar-refractivity contribution in [1.82, 2.24) is 20.2 Å². The molecule has 0 spiro atoms. The maximum absolute atomic E-state index is 11.4. The summed E-state index contributed by atoms with van der Waals surface area (Å²) in [4.78, 5) is 11.4. The maximum atomic E-state index is 11.4. The minimum Gasteiger partial charge on any atom is -0.481 e. The van der Waals surface area contributed by atoms with Crippen molar-refractivity contribution in [3.8, 4) is 0 Å². The summed E-state index contributed by atoms with van der Waals surface area (Å²) in [6, 6.07) is 0. The lowest BCUT2D eigenvalue weighted by Crippen LogP contribution is -2.33. The first-order chi connectivity index (χ1) is 9.51. The number of rotatable bonds is 6. The van der Waals surface area contributed by atoms with Crippen LogP contribution in [0.1, 0.15) is 51.8 Å². The molecule has 1 aromatic heterocycles. The number of tetrazole rings is 1. The van der Waals surface area contributed by atoms with Gasteiger partial charge in [-0.25, -0.2) is 4.68 Å². The fourth-order valence-electron chi connectivity index (χ4n) is 2.60. The van der Waals surface area contributed by atoms with Crippen LogP contribution >= 0.6 is 0 Å². The Morgan fingerprint density at radius 3 is 2.90 bits per heavy atom. The third-order valence-corrected chi connectivity index (χ3v) is 4.30. The van der Waals surface area contributed by atoms with Gasteiger partial charge in [-0.3, -0.25) is 4.79 Å². The highest BCUT2D eigenvalue weighted by molar-refractivity contribution is 5.73. The molecule has 1 fully saturated rings. The Labute approximate surface area is 118 Å². The lowest BCUT2D eigenvalue weighted by atomic mass is 9.87. The van der Waals surface area contributed by atoms with Crippen LogP contribution in [-0.4, -0.2) is 44.0 Å². The van der Waals surface area contributed by atoms with E-state index in [1.807, 2.05) is 6.92 Å². The highest BCUT2D eigenvalue weighted by Crippen LogP contribution is 2.33. The average Bonchev–Trinajstić information content (AvgIpc) is 3.05. The van der Waals surface area contributed by atoms with E-state index in [0.717, 1.165) is 18.7 Å². The highest BCUT2D eigenvalue weighted by Gasteiger charge is 2.37. The first kappa shape index (κ1) is 14.9. The molecule has 2 rings (SSSR count). The summed E-state index contributed by atoms with van der Waals surface area (Å²) in [7, 11) is 0. The van der Waals surface area contributed by atoms with E-state index in [4.69, 9.17) is 4.74 Å². The Hall–Kier alpha value is -1.50. The zero-order chi connectivity index (χ0) is 14.8. The molecule has 1 N–H and O–H groups in total. The maximum Gasteiger partial charge on any atom is 0.311 e. The summed E-state index contributed by atoms with van der Waals surface area (Å²) in [5, 5.41) is 21.2. The molecule has 0 saturated carbocycles. The molecule has 0 radical (unpaired) electrons. The van der Waals surface area contributed by atoms with Gasteiger partial charge >= 0.3 is 5.97 Å². The van der Waals surface area contributed by atoms with Crippen molar-refractivity contribution in [3.63, 3.8) is 0 Å². The van der Waals surface area contributed by atoms with E-state index in [0.29, 0.717) is 13.0 Å². The van der Waals surface area contributed by atoms with Crippen LogP contribution in [-0.2, 0) is 16.1 Å². The van der Waals surface area contributed by atoms with Crippen molar-refractivity contribution in [2.45, 2.75) is 58.6 Å². The van der Waals surface area contributed by atoms with E-state index >= 15 is 0 Å². The van der Waals surface area contributed by atoms with Crippen LogP contribution in [0.3, 0.4) is 0 Å². The van der Waals surface area contributed by atoms with Crippen LogP contribution < -0.4 is 0 Å². The number of aliphatic carboxylic acids is 1. The molecular weight excluding hydrogens is 260 g/mol. The van der Waals surface area contributed by atoms with Gasteiger partial charge in [0.2, 0.25) is 0 Å². The molecular formula is C13H22N4O3. The van der Waals surface area contributed by atoms with Gasteiger partial charge in [0.1, 0.15) is 0 Å². The number of hydrogen-bond donors (Lipinski definition) is 1. The summed E-state index contributed by atoms with van der Waals surface area (Å²) in [5.74, 6) is 0.0799. The summed E-state index contributed by atoms with van der Waals surface area (Å²) in [6.07, 6.45) is 2.44. The molecule has 7 heteroatoms. The normalized spacial score (nSPS) is 25.6. The molecule has 2 heterocycles. The Bertz CT molecular complexity index is 476. The summed E-state index contributed by atoms with van der Waals surface area (Å²) >= 11 is 0. The van der Waals surface area contributed by atoms with E-state index in [9.17, 15) is 9.90 Å². The molecule has 1 saturated heterocycles. The van der Waals surface area contributed by atoms with Gasteiger partial charge in [-0.05, 0) is 36.6 Å². The Kier molecular flexibility index (Phi) is 4.37. The molecule has 7 nitrogen and oxygen atoms in total. The third kappa shape index (κ3) is 2.67. The van der Waals surface area contributed by atoms with Crippen molar-refractivity contribution in [3.05, 3.63) is 5.82 Å². The van der Waals surface area contributed by atoms with E-state index in [2.05, 4.69) is 22.4 Å². The van der Waals surface area contributed by atoms with E-state index in [1.54, 1.807) is 11.6 Å². The first-order valence-electron chi connectivity index (χ1n) is 7.13. The highest BCUT2D eigenvalue weighted by atomic mass is 16.5. The number of ether oxygens (including phenoxy) is 1. The quantitative estimate of drug-likeness (QED) is 0.849. The molecule has 20 heavy (non-hydrogen) atoms. The molecule has 0 bridgehead atoms. The predicted octanol–water partition coefficient (Wildman–Crippen LogP) is 1.46. The van der Waals surface area contributed by atoms with Gasteiger partial charge in [-0.15, -0.1) is 5.10 Å². The zero-order valence-corrected chi connectivity index (χ0v) is 12.2. The number of hydrogen-bond acceptors (Lipinski definition) is 5. The summed E-state index contributed by atoms with van der Waals surface area (Å²) in [5.41, 5.74) is -0.856. The Morgan fingerprint density at radius 1 is 1.55 bits per heavy atom. The minimum absolute atomic E-state index is 0.123. The lowest BCUT2D eigenvalue weighted by molar-refractivity contribution is -0.149. The van der Waals surface area contributed by atoms with Crippen LogP contribution in [0.2, 0.25) is 0 Å². The summed E-state index contributed by atoms with van der Waals surface area (Å²) in [6.45, 7) is 6.66. The van der Waals surface area contributed by atoms with E-state index in [-0.39, 0.29) is 18.6 Å². The predicted molar refractivity (Wildman–Crippen MR) is 71.2 cm³/mol. The van der Waals surface area contributed by atoms with Crippen molar-refractivity contribution in [1.29, 1.82) is 0 Å². The fraction of sp³-hybridized carbons (Fsp3) is 0.846. The molecule has 1 aromatic rings. The van der Waals surface area contributed by atoms with Gasteiger partial charge in [0.25, 0.3) is 0 Å². The van der Waals surface area contributed by atoms with Gasteiger partial charge in [0.05, 0.1) is 18.1 Å². The smallest absolute Gasteiger partial charge is 0.311 e. The van der Waals surface area contributed by atoms with Crippen molar-refractivity contribution >= 4 is 5.97 Å². The van der Waals surface area contributed by atoms with Crippen LogP contribution in [0.25, 0.3) is 0 Å². The van der Waals surface area contributed by atoms with Crippen LogP contribution in [0.5, 0.6) is 0 Å². The molecule has 0 aliphatic carbocycles. The largest absolute Gasteiger partial charge is 0.481 e. The topological polar surface area (TPSA) is 90.1 Å². The van der Waals surface area contributed by atoms with Gasteiger partial charge < -0.3 is 9.84 Å². The van der Waals surface area contributed by atoms with Crippen molar-refractivity contribution in [2.75, 3.05) is 6.61 Å². The molecule has 3 atom stereocenters. The van der Waals surface area contributed by atoms with Crippen LogP contribution in [0.4, 0.5) is 0 Å². The number of carboxylic acid groups (broad SMARTS) is 1. The molecule has 3 unspecified atom stereocenters. The standard InChI is InChI=1S/C13H22N4O3/c1-4-10-9(6-7-20-10)11-14-15-16-17(11)8-13(3,5-2)12(18)19/h9-10H,4-8H2,1-3H3,(H,18,19). The van der Waals surface area contributed by atoms with Gasteiger partial charge in [-0.1, -0.05) is 13.8 Å². The second kappa shape index (κ2) is 5.87. The molecule has 0 aromatic carbocycles. The number of carboxylic acids is 1. The van der Waals surface area contributed by atoms with Gasteiger partial charge in [0, 0.05) is 12.5 Å². The monoisotopic (exact) mass is 282 g/mol. The van der Waals surface area contributed by atoms with Crippen LogP contribution in [0.15, 0.2) is 0 Å². The second-order valence-corrected chi connectivity index (χ2v) is 5.63. The van der Waals surface area contributed by atoms with Crippen LogP contribution in [0, 0.1) is 5.41 Å². The minimum atomic E-state index is -0.856. The fourth-order valence-corrected chi connectivity index (χ4v) is 2.60. The second-order valence-electron chi connectivity index (χ2n) is 5.63. The molecule has 0 amide bonds. The SMILES string of the molecule is CCC1OCCC1c1nnnn1CC(C)(CC)C(=O)O. The first-order valence-corrected chi connectivity index (χ1v) is 7.13. The van der Waals surface area contributed by atoms with E-state index < -0.39 is 11.4 Å². The molecule has 1 aliphatic heterocycles. The van der Waals surface area contributed by atoms with Crippen molar-refractivity contribution in [2.24, 2.45) is 5.41 Å². The Morgan fingerprint density at radius 2 is 2.30 bits per heavy atom. The Balaban J connectivity index is 2.23. The molecule has 1 aliphatic rings. The van der Waals surface area contributed by atoms with Gasteiger partial charge in [0.15, 0.2) is 5.82 Å². The lowest BCUT2D eigenvalue weighted by Gasteiger charge is -2.24. The zero-order valence-electron chi connectivity index (χ0n) is 12.2.